The van der Waals surface area contributed by atoms with Crippen LogP contribution in [-0.4, -0.2) is 23.4 Å². The summed E-state index contributed by atoms with van der Waals surface area (Å²) in [7, 11) is -3.98. The van der Waals surface area contributed by atoms with Crippen molar-refractivity contribution in [3.05, 3.63) is 32.0 Å². The monoisotopic (exact) mass is 340 g/mol. The van der Waals surface area contributed by atoms with E-state index in [-0.39, 0.29) is 25.9 Å². The highest BCUT2D eigenvalue weighted by atomic mass is 35.5. The van der Waals surface area contributed by atoms with Crippen LogP contribution in [0.5, 0.6) is 0 Å². The zero-order valence-corrected chi connectivity index (χ0v) is 12.4. The first-order valence-electron chi connectivity index (χ1n) is 4.70. The fourth-order valence-corrected chi connectivity index (χ4v) is 4.15. The summed E-state index contributed by atoms with van der Waals surface area (Å²) in [5.74, 6) is 0. The van der Waals surface area contributed by atoms with Crippen LogP contribution in [-0.2, 0) is 10.0 Å². The quantitative estimate of drug-likeness (QED) is 0.826. The van der Waals surface area contributed by atoms with Crippen LogP contribution in [0, 0.1) is 6.92 Å². The number of hydrogen-bond acceptors (Lipinski definition) is 6. The zero-order chi connectivity index (χ0) is 14.2. The predicted molar refractivity (Wildman–Crippen MR) is 72.5 cm³/mol. The summed E-state index contributed by atoms with van der Waals surface area (Å²) < 4.78 is 26.2. The largest absolute Gasteiger partial charge is 0.315 e. The van der Waals surface area contributed by atoms with Gasteiger partial charge in [0.15, 0.2) is 14.5 Å². The first-order chi connectivity index (χ1) is 8.81. The molecule has 0 saturated heterocycles. The van der Waals surface area contributed by atoms with Gasteiger partial charge in [0.05, 0.1) is 0 Å². The van der Waals surface area contributed by atoms with Crippen molar-refractivity contribution in [2.24, 2.45) is 0 Å². The van der Waals surface area contributed by atoms with E-state index in [1.807, 2.05) is 0 Å². The Bertz CT molecular complexity index is 763. The molecule has 0 aliphatic heterocycles. The Hall–Kier alpha value is -1.16. The lowest BCUT2D eigenvalue weighted by Gasteiger charge is -2.08. The van der Waals surface area contributed by atoms with Crippen molar-refractivity contribution in [3.8, 4) is 0 Å². The summed E-state index contributed by atoms with van der Waals surface area (Å²) in [4.78, 5) is 20.3. The standard InChI is InChI=1S/C8H6Cl2N4O3S2/c1-3-7(18-8(15)13-3)19(16,17)14-4-5(9)11-2-12-6(4)10/h2,14H,1H3,(H,13,15). The Morgan fingerprint density at radius 1 is 1.32 bits per heavy atom. The fraction of sp³-hybridized carbons (Fsp3) is 0.125. The molecule has 0 spiro atoms. The third kappa shape index (κ3) is 2.89. The van der Waals surface area contributed by atoms with Gasteiger partial charge in [-0.25, -0.2) is 18.4 Å². The molecule has 11 heteroatoms. The van der Waals surface area contributed by atoms with Crippen molar-refractivity contribution < 1.29 is 8.42 Å². The molecule has 0 radical (unpaired) electrons. The summed E-state index contributed by atoms with van der Waals surface area (Å²) in [6, 6.07) is 0. The number of halogens is 2. The molecular formula is C8H6Cl2N4O3S2. The van der Waals surface area contributed by atoms with Gasteiger partial charge in [0, 0.05) is 5.69 Å². The number of nitrogens with one attached hydrogen (secondary N) is 2. The number of anilines is 1. The minimum absolute atomic E-state index is 0.133. The molecule has 2 N–H and O–H groups in total. The predicted octanol–water partition coefficient (Wildman–Crippen LogP) is 1.64. The van der Waals surface area contributed by atoms with Gasteiger partial charge in [0.25, 0.3) is 10.0 Å². The van der Waals surface area contributed by atoms with Crippen molar-refractivity contribution in [3.63, 3.8) is 0 Å². The van der Waals surface area contributed by atoms with E-state index in [4.69, 9.17) is 23.2 Å². The summed E-state index contributed by atoms with van der Waals surface area (Å²) in [6.07, 6.45) is 1.10. The molecule has 0 unspecified atom stereocenters. The first-order valence-corrected chi connectivity index (χ1v) is 7.75. The molecule has 2 aromatic heterocycles. The molecule has 2 rings (SSSR count). The Labute approximate surface area is 121 Å². The molecule has 0 atom stereocenters. The third-order valence-corrected chi connectivity index (χ3v) is 5.54. The average Bonchev–Trinajstić information content (AvgIpc) is 2.64. The maximum atomic E-state index is 12.1. The average molecular weight is 341 g/mol. The van der Waals surface area contributed by atoms with Gasteiger partial charge in [-0.15, -0.1) is 0 Å². The van der Waals surface area contributed by atoms with Gasteiger partial charge in [0.1, 0.15) is 12.0 Å². The van der Waals surface area contributed by atoms with Crippen LogP contribution in [0.1, 0.15) is 5.69 Å². The summed E-state index contributed by atoms with van der Waals surface area (Å²) >= 11 is 12.0. The molecule has 0 aliphatic rings. The summed E-state index contributed by atoms with van der Waals surface area (Å²) in [5.41, 5.74) is 0.0951. The van der Waals surface area contributed by atoms with Crippen molar-refractivity contribution >= 4 is 50.2 Å². The molecule has 0 bridgehead atoms. The van der Waals surface area contributed by atoms with Crippen LogP contribution in [0.4, 0.5) is 5.69 Å². The van der Waals surface area contributed by atoms with E-state index in [0.717, 1.165) is 6.33 Å². The van der Waals surface area contributed by atoms with Gasteiger partial charge in [0.2, 0.25) is 0 Å². The van der Waals surface area contributed by atoms with Crippen molar-refractivity contribution in [1.29, 1.82) is 0 Å². The minimum atomic E-state index is -3.98. The van der Waals surface area contributed by atoms with Crippen molar-refractivity contribution in [1.82, 2.24) is 15.0 Å². The molecule has 2 aromatic rings. The van der Waals surface area contributed by atoms with Crippen LogP contribution in [0.2, 0.25) is 10.3 Å². The Morgan fingerprint density at radius 3 is 2.37 bits per heavy atom. The molecule has 0 aliphatic carbocycles. The molecule has 2 heterocycles. The fourth-order valence-electron chi connectivity index (χ4n) is 1.26. The van der Waals surface area contributed by atoms with Crippen LogP contribution in [0.15, 0.2) is 15.3 Å². The number of aryl methyl sites for hydroxylation is 1. The number of H-pyrrole nitrogens is 1. The van der Waals surface area contributed by atoms with Gasteiger partial charge < -0.3 is 4.98 Å². The van der Waals surface area contributed by atoms with Crippen LogP contribution >= 0.6 is 34.5 Å². The molecule has 19 heavy (non-hydrogen) atoms. The van der Waals surface area contributed by atoms with Crippen LogP contribution < -0.4 is 9.60 Å². The Balaban J connectivity index is 2.48. The number of hydrogen-bond donors (Lipinski definition) is 2. The highest BCUT2D eigenvalue weighted by Gasteiger charge is 2.23. The van der Waals surface area contributed by atoms with E-state index in [2.05, 4.69) is 19.7 Å². The summed E-state index contributed by atoms with van der Waals surface area (Å²) in [6.45, 7) is 1.47. The third-order valence-electron chi connectivity index (χ3n) is 2.02. The van der Waals surface area contributed by atoms with Crippen LogP contribution in [0.3, 0.4) is 0 Å². The second-order valence-electron chi connectivity index (χ2n) is 3.36. The van der Waals surface area contributed by atoms with Gasteiger partial charge in [-0.2, -0.15) is 0 Å². The maximum absolute atomic E-state index is 12.1. The maximum Gasteiger partial charge on any atom is 0.306 e. The van der Waals surface area contributed by atoms with Crippen molar-refractivity contribution in [2.45, 2.75) is 11.1 Å². The van der Waals surface area contributed by atoms with E-state index in [0.29, 0.717) is 11.3 Å². The number of sulfonamides is 1. The number of nitrogens with zero attached hydrogens (tertiary/aromatic N) is 2. The van der Waals surface area contributed by atoms with Gasteiger partial charge in [-0.05, 0) is 6.92 Å². The van der Waals surface area contributed by atoms with E-state index < -0.39 is 14.9 Å². The van der Waals surface area contributed by atoms with Gasteiger partial charge in [-0.3, -0.25) is 9.52 Å². The Morgan fingerprint density at radius 2 is 1.89 bits per heavy atom. The van der Waals surface area contributed by atoms with E-state index in [9.17, 15) is 13.2 Å². The normalized spacial score (nSPS) is 11.5. The molecule has 0 aromatic carbocycles. The minimum Gasteiger partial charge on any atom is -0.315 e. The smallest absolute Gasteiger partial charge is 0.306 e. The van der Waals surface area contributed by atoms with E-state index in [1.165, 1.54) is 6.92 Å². The zero-order valence-electron chi connectivity index (χ0n) is 9.27. The second kappa shape index (κ2) is 5.08. The highest BCUT2D eigenvalue weighted by molar-refractivity contribution is 7.94. The lowest BCUT2D eigenvalue weighted by Crippen LogP contribution is -2.14. The molecule has 0 amide bonds. The Kier molecular flexibility index (Phi) is 3.81. The molecule has 0 saturated carbocycles. The summed E-state index contributed by atoms with van der Waals surface area (Å²) in [5, 5.41) is -0.270. The molecule has 102 valence electrons. The number of rotatable bonds is 3. The lowest BCUT2D eigenvalue weighted by atomic mass is 10.6. The molecule has 0 fully saturated rings. The highest BCUT2D eigenvalue weighted by Crippen LogP contribution is 2.29. The SMILES string of the molecule is Cc1[nH]c(=O)sc1S(=O)(=O)Nc1c(Cl)ncnc1Cl. The van der Waals surface area contributed by atoms with Crippen molar-refractivity contribution in [2.75, 3.05) is 4.72 Å². The number of aromatic amines is 1. The lowest BCUT2D eigenvalue weighted by molar-refractivity contribution is 0.602. The van der Waals surface area contributed by atoms with Gasteiger partial charge >= 0.3 is 4.87 Å². The van der Waals surface area contributed by atoms with E-state index in [1.54, 1.807) is 0 Å². The number of thiazole rings is 1. The molecule has 7 nitrogen and oxygen atoms in total. The molecular weight excluding hydrogens is 335 g/mol. The topological polar surface area (TPSA) is 105 Å². The van der Waals surface area contributed by atoms with Gasteiger partial charge in [-0.1, -0.05) is 34.5 Å². The second-order valence-corrected chi connectivity index (χ2v) is 6.94. The first kappa shape index (κ1) is 14.3. The van der Waals surface area contributed by atoms with Crippen LogP contribution in [0.25, 0.3) is 0 Å². The van der Waals surface area contributed by atoms with E-state index >= 15 is 0 Å². The number of aromatic nitrogens is 3.